The zero-order chi connectivity index (χ0) is 23.1. The molecule has 3 rings (SSSR count). The number of anilines is 4. The number of hydrogen-bond donors (Lipinski definition) is 3. The molecule has 0 aliphatic carbocycles. The predicted octanol–water partition coefficient (Wildman–Crippen LogP) is 4.33. The van der Waals surface area contributed by atoms with Gasteiger partial charge in [-0.2, -0.15) is 38.3 Å². The maximum absolute atomic E-state index is 12.1. The fourth-order valence-electron chi connectivity index (χ4n) is 2.94. The van der Waals surface area contributed by atoms with E-state index in [0.29, 0.717) is 5.56 Å². The first-order chi connectivity index (χ1) is 14.4. The Balaban J connectivity index is 2.24. The minimum absolute atomic E-state index is 0.0430. The van der Waals surface area contributed by atoms with Crippen LogP contribution in [0, 0.1) is 20.8 Å². The summed E-state index contributed by atoms with van der Waals surface area (Å²) >= 11 is 23.2. The summed E-state index contributed by atoms with van der Waals surface area (Å²) in [6.45, 7) is 4.67. The monoisotopic (exact) mass is 524 g/mol. The second kappa shape index (κ2) is 8.81. The van der Waals surface area contributed by atoms with E-state index in [1.807, 2.05) is 0 Å². The molecule has 0 aliphatic heterocycles. The van der Waals surface area contributed by atoms with Crippen LogP contribution in [0.4, 0.5) is 23.3 Å². The van der Waals surface area contributed by atoms with Crippen LogP contribution in [0.15, 0.2) is 4.90 Å². The third kappa shape index (κ3) is 5.22. The number of nitrogens with zero attached hydrogens (tertiary/aromatic N) is 6. The standard InChI is InChI=1S/C15H12Cl4N8O3S/c1-4-7(20-14-24-10(16)22-11(17)25-14)5(2)9(31(28,29)30)6(3)8(4)21-15-26-12(18)23-13(19)27-15/h1-3H3,(H,28,29,30)(H,20,22,24,25)(H,21,23,26,27). The van der Waals surface area contributed by atoms with Crippen LogP contribution in [0.5, 0.6) is 0 Å². The lowest BCUT2D eigenvalue weighted by atomic mass is 10.0. The van der Waals surface area contributed by atoms with E-state index in [2.05, 4.69) is 40.5 Å². The van der Waals surface area contributed by atoms with Gasteiger partial charge >= 0.3 is 0 Å². The smallest absolute Gasteiger partial charge is 0.295 e. The summed E-state index contributed by atoms with van der Waals surface area (Å²) < 4.78 is 34.1. The Morgan fingerprint density at radius 3 is 1.26 bits per heavy atom. The third-order valence-corrected chi connectivity index (χ3v) is 5.88. The van der Waals surface area contributed by atoms with Crippen molar-refractivity contribution in [2.24, 2.45) is 0 Å². The van der Waals surface area contributed by atoms with Crippen molar-refractivity contribution in [2.45, 2.75) is 25.7 Å². The SMILES string of the molecule is Cc1c(Nc2nc(Cl)nc(Cl)n2)c(C)c(S(=O)(=O)O)c(C)c1Nc1nc(Cl)nc(Cl)n1. The molecule has 11 nitrogen and oxygen atoms in total. The molecule has 0 amide bonds. The van der Waals surface area contributed by atoms with Gasteiger partial charge in [-0.15, -0.1) is 0 Å². The summed E-state index contributed by atoms with van der Waals surface area (Å²) in [6.07, 6.45) is 0. The van der Waals surface area contributed by atoms with Crippen LogP contribution in [0.25, 0.3) is 0 Å². The van der Waals surface area contributed by atoms with E-state index >= 15 is 0 Å². The molecule has 0 atom stereocenters. The van der Waals surface area contributed by atoms with Crippen LogP contribution in [-0.4, -0.2) is 42.9 Å². The van der Waals surface area contributed by atoms with Crippen molar-refractivity contribution < 1.29 is 13.0 Å². The van der Waals surface area contributed by atoms with Gasteiger partial charge in [-0.25, -0.2) is 0 Å². The van der Waals surface area contributed by atoms with Gasteiger partial charge in [0.15, 0.2) is 0 Å². The van der Waals surface area contributed by atoms with Crippen LogP contribution in [0.3, 0.4) is 0 Å². The van der Waals surface area contributed by atoms with Crippen molar-refractivity contribution in [2.75, 3.05) is 10.6 Å². The second-order valence-electron chi connectivity index (χ2n) is 6.07. The van der Waals surface area contributed by atoms with Crippen LogP contribution in [-0.2, 0) is 10.1 Å². The second-order valence-corrected chi connectivity index (χ2v) is 8.78. The summed E-state index contributed by atoms with van der Waals surface area (Å²) in [7, 11) is -4.63. The molecule has 0 aliphatic rings. The third-order valence-electron chi connectivity index (χ3n) is 4.07. The van der Waals surface area contributed by atoms with Gasteiger partial charge in [-0.3, -0.25) is 4.55 Å². The Kier molecular flexibility index (Phi) is 6.69. The average Bonchev–Trinajstić information content (AvgIpc) is 2.59. The lowest BCUT2D eigenvalue weighted by molar-refractivity contribution is 0.482. The highest BCUT2D eigenvalue weighted by atomic mass is 35.5. The highest BCUT2D eigenvalue weighted by Crippen LogP contribution is 2.39. The van der Waals surface area contributed by atoms with Crippen LogP contribution < -0.4 is 10.6 Å². The minimum Gasteiger partial charge on any atom is -0.323 e. The molecule has 3 aromatic rings. The van der Waals surface area contributed by atoms with Crippen molar-refractivity contribution in [3.8, 4) is 0 Å². The quantitative estimate of drug-likeness (QED) is 0.407. The van der Waals surface area contributed by atoms with Crippen molar-refractivity contribution >= 4 is 79.8 Å². The fraction of sp³-hybridized carbons (Fsp3) is 0.200. The Labute approximate surface area is 196 Å². The van der Waals surface area contributed by atoms with Gasteiger partial charge in [0, 0.05) is 0 Å². The molecule has 164 valence electrons. The number of nitrogens with one attached hydrogen (secondary N) is 2. The zero-order valence-electron chi connectivity index (χ0n) is 15.9. The highest BCUT2D eigenvalue weighted by molar-refractivity contribution is 7.86. The van der Waals surface area contributed by atoms with Crippen molar-refractivity contribution in [1.29, 1.82) is 0 Å². The highest BCUT2D eigenvalue weighted by Gasteiger charge is 2.26. The van der Waals surface area contributed by atoms with Gasteiger partial charge < -0.3 is 10.6 Å². The maximum Gasteiger partial charge on any atom is 0.295 e. The molecule has 2 heterocycles. The molecular weight excluding hydrogens is 514 g/mol. The molecule has 0 saturated carbocycles. The van der Waals surface area contributed by atoms with Crippen LogP contribution in [0.2, 0.25) is 21.1 Å². The van der Waals surface area contributed by atoms with Crippen molar-refractivity contribution in [3.05, 3.63) is 37.8 Å². The molecule has 2 aromatic heterocycles. The normalized spacial score (nSPS) is 11.5. The Hall–Kier alpha value is -2.09. The summed E-state index contributed by atoms with van der Waals surface area (Å²) in [5.74, 6) is -0.0860. The van der Waals surface area contributed by atoms with Gasteiger partial charge in [-0.05, 0) is 83.9 Å². The molecule has 31 heavy (non-hydrogen) atoms. The molecular formula is C15H12Cl4N8O3S. The number of halogens is 4. The first-order valence-electron chi connectivity index (χ1n) is 8.16. The Morgan fingerprint density at radius 1 is 0.645 bits per heavy atom. The zero-order valence-corrected chi connectivity index (χ0v) is 19.7. The van der Waals surface area contributed by atoms with E-state index in [-0.39, 0.29) is 60.4 Å². The largest absolute Gasteiger partial charge is 0.323 e. The molecule has 0 unspecified atom stereocenters. The summed E-state index contributed by atoms with van der Waals surface area (Å²) in [5.41, 5.74) is 1.41. The summed E-state index contributed by atoms with van der Waals surface area (Å²) in [6, 6.07) is 0. The van der Waals surface area contributed by atoms with Gasteiger partial charge in [0.25, 0.3) is 10.1 Å². The van der Waals surface area contributed by atoms with Gasteiger partial charge in [0.2, 0.25) is 33.0 Å². The van der Waals surface area contributed by atoms with Crippen molar-refractivity contribution in [1.82, 2.24) is 29.9 Å². The van der Waals surface area contributed by atoms with E-state index in [4.69, 9.17) is 46.4 Å². The van der Waals surface area contributed by atoms with E-state index in [0.717, 1.165) is 0 Å². The Morgan fingerprint density at radius 2 is 0.968 bits per heavy atom. The Bertz CT molecular complexity index is 1180. The van der Waals surface area contributed by atoms with Gasteiger partial charge in [0.1, 0.15) is 4.90 Å². The van der Waals surface area contributed by atoms with Crippen molar-refractivity contribution in [3.63, 3.8) is 0 Å². The molecule has 0 fully saturated rings. The van der Waals surface area contributed by atoms with E-state index < -0.39 is 10.1 Å². The number of rotatable bonds is 5. The topological polar surface area (TPSA) is 156 Å². The van der Waals surface area contributed by atoms with Crippen LogP contribution >= 0.6 is 46.4 Å². The molecule has 0 spiro atoms. The number of aromatic nitrogens is 6. The predicted molar refractivity (Wildman–Crippen MR) is 117 cm³/mol. The minimum atomic E-state index is -4.63. The fourth-order valence-corrected chi connectivity index (χ4v) is 4.65. The molecule has 0 radical (unpaired) electrons. The maximum atomic E-state index is 12.1. The van der Waals surface area contributed by atoms with Gasteiger partial charge in [-0.1, -0.05) is 0 Å². The number of benzene rings is 1. The molecule has 16 heteroatoms. The number of hydrogen-bond acceptors (Lipinski definition) is 10. The summed E-state index contributed by atoms with van der Waals surface area (Å²) in [5, 5.41) is 5.02. The lowest BCUT2D eigenvalue weighted by Gasteiger charge is -2.21. The molecule has 0 bridgehead atoms. The summed E-state index contributed by atoms with van der Waals surface area (Å²) in [4.78, 5) is 22.6. The molecule has 0 saturated heterocycles. The first-order valence-corrected chi connectivity index (χ1v) is 11.1. The van der Waals surface area contributed by atoms with Crippen LogP contribution in [0.1, 0.15) is 16.7 Å². The van der Waals surface area contributed by atoms with E-state index in [1.54, 1.807) is 6.92 Å². The van der Waals surface area contributed by atoms with Gasteiger partial charge in [0.05, 0.1) is 11.4 Å². The first kappa shape index (κ1) is 23.6. The lowest BCUT2D eigenvalue weighted by Crippen LogP contribution is -2.13. The van der Waals surface area contributed by atoms with E-state index in [9.17, 15) is 13.0 Å². The molecule has 3 N–H and O–H groups in total. The van der Waals surface area contributed by atoms with E-state index in [1.165, 1.54) is 13.8 Å². The average molecular weight is 526 g/mol. The molecule has 1 aromatic carbocycles.